The molecule has 0 bridgehead atoms. The van der Waals surface area contributed by atoms with Crippen LogP contribution in [0.3, 0.4) is 0 Å². The van der Waals surface area contributed by atoms with E-state index in [4.69, 9.17) is 4.74 Å². The van der Waals surface area contributed by atoms with Crippen molar-refractivity contribution in [2.24, 2.45) is 0 Å². The second kappa shape index (κ2) is 4.77. The van der Waals surface area contributed by atoms with Crippen LogP contribution in [0.5, 0.6) is 11.5 Å². The van der Waals surface area contributed by atoms with E-state index < -0.39 is 0 Å². The molecule has 2 aromatic carbocycles. The fraction of sp³-hybridized carbons (Fsp3) is 0.133. The van der Waals surface area contributed by atoms with Crippen LogP contribution in [0, 0.1) is 0 Å². The first-order valence-corrected chi connectivity index (χ1v) is 6.22. The van der Waals surface area contributed by atoms with Crippen LogP contribution in [0.25, 0.3) is 0 Å². The van der Waals surface area contributed by atoms with Crippen LogP contribution in [0.4, 0.5) is 11.4 Å². The summed E-state index contributed by atoms with van der Waals surface area (Å²) < 4.78 is 5.00. The molecule has 0 atom stereocenters. The summed E-state index contributed by atoms with van der Waals surface area (Å²) in [5, 5.41) is 13.0. The molecule has 1 heterocycles. The normalized spacial score (nSPS) is 13.7. The van der Waals surface area contributed by atoms with Crippen LogP contribution in [0.1, 0.15) is 10.4 Å². The SMILES string of the molecule is COc1ccc(N2CNc3ccccc3C2=O)cc1O. The molecule has 1 aliphatic heterocycles. The summed E-state index contributed by atoms with van der Waals surface area (Å²) in [6, 6.07) is 12.3. The third kappa shape index (κ3) is 1.93. The van der Waals surface area contributed by atoms with E-state index >= 15 is 0 Å². The predicted octanol–water partition coefficient (Wildman–Crippen LogP) is 2.43. The van der Waals surface area contributed by atoms with Crippen molar-refractivity contribution < 1.29 is 14.6 Å². The molecule has 0 aromatic heterocycles. The zero-order chi connectivity index (χ0) is 14.1. The number of aromatic hydroxyl groups is 1. The molecule has 1 amide bonds. The number of hydrogen-bond acceptors (Lipinski definition) is 4. The maximum Gasteiger partial charge on any atom is 0.261 e. The van der Waals surface area contributed by atoms with Gasteiger partial charge in [0.1, 0.15) is 0 Å². The standard InChI is InChI=1S/C15H14N2O3/c1-20-14-7-6-10(8-13(14)18)17-9-16-12-5-3-2-4-11(12)15(17)19/h2-8,16,18H,9H2,1H3. The largest absolute Gasteiger partial charge is 0.504 e. The Bertz CT molecular complexity index is 670. The van der Waals surface area contributed by atoms with E-state index in [-0.39, 0.29) is 11.7 Å². The minimum absolute atomic E-state index is 0.0108. The Morgan fingerprint density at radius 2 is 2.05 bits per heavy atom. The third-order valence-electron chi connectivity index (χ3n) is 3.30. The number of ether oxygens (including phenoxy) is 1. The van der Waals surface area contributed by atoms with Crippen molar-refractivity contribution in [2.45, 2.75) is 0 Å². The number of rotatable bonds is 2. The summed E-state index contributed by atoms with van der Waals surface area (Å²) in [5.41, 5.74) is 2.07. The number of carbonyl (C=O) groups excluding carboxylic acids is 1. The topological polar surface area (TPSA) is 61.8 Å². The molecule has 0 aliphatic carbocycles. The molecular formula is C15H14N2O3. The van der Waals surface area contributed by atoms with Crippen molar-refractivity contribution in [3.63, 3.8) is 0 Å². The smallest absolute Gasteiger partial charge is 0.261 e. The van der Waals surface area contributed by atoms with Crippen molar-refractivity contribution >= 4 is 17.3 Å². The Hall–Kier alpha value is -2.69. The van der Waals surface area contributed by atoms with E-state index in [9.17, 15) is 9.90 Å². The second-order valence-electron chi connectivity index (χ2n) is 4.47. The lowest BCUT2D eigenvalue weighted by molar-refractivity contribution is 0.0986. The summed E-state index contributed by atoms with van der Waals surface area (Å²) in [7, 11) is 1.48. The Morgan fingerprint density at radius 3 is 2.80 bits per heavy atom. The van der Waals surface area contributed by atoms with Gasteiger partial charge in [-0.15, -0.1) is 0 Å². The van der Waals surface area contributed by atoms with Crippen molar-refractivity contribution in [1.29, 1.82) is 0 Å². The van der Waals surface area contributed by atoms with Gasteiger partial charge in [-0.2, -0.15) is 0 Å². The van der Waals surface area contributed by atoms with Crippen molar-refractivity contribution in [3.05, 3.63) is 48.0 Å². The molecule has 5 heteroatoms. The van der Waals surface area contributed by atoms with Crippen LogP contribution in [-0.4, -0.2) is 24.8 Å². The molecule has 5 nitrogen and oxygen atoms in total. The van der Waals surface area contributed by atoms with Gasteiger partial charge in [0.25, 0.3) is 5.91 Å². The van der Waals surface area contributed by atoms with Gasteiger partial charge in [0.05, 0.1) is 19.3 Å². The summed E-state index contributed by atoms with van der Waals surface area (Å²) in [6.07, 6.45) is 0. The molecule has 20 heavy (non-hydrogen) atoms. The van der Waals surface area contributed by atoms with Crippen molar-refractivity contribution in [3.8, 4) is 11.5 Å². The highest BCUT2D eigenvalue weighted by Gasteiger charge is 2.25. The van der Waals surface area contributed by atoms with E-state index in [2.05, 4.69) is 5.32 Å². The molecular weight excluding hydrogens is 256 g/mol. The van der Waals surface area contributed by atoms with Gasteiger partial charge in [0, 0.05) is 17.4 Å². The van der Waals surface area contributed by atoms with Gasteiger partial charge >= 0.3 is 0 Å². The van der Waals surface area contributed by atoms with E-state index in [1.54, 1.807) is 23.1 Å². The van der Waals surface area contributed by atoms with E-state index in [1.165, 1.54) is 13.2 Å². The maximum atomic E-state index is 12.5. The molecule has 0 saturated heterocycles. The number of phenolic OH excluding ortho intramolecular Hbond substituents is 1. The molecule has 0 unspecified atom stereocenters. The Balaban J connectivity index is 1.97. The van der Waals surface area contributed by atoms with Crippen molar-refractivity contribution in [2.75, 3.05) is 24.0 Å². The average molecular weight is 270 g/mol. The number of benzene rings is 2. The lowest BCUT2D eigenvalue weighted by Gasteiger charge is -2.29. The van der Waals surface area contributed by atoms with Gasteiger partial charge in [0.2, 0.25) is 0 Å². The fourth-order valence-corrected chi connectivity index (χ4v) is 2.26. The molecule has 0 radical (unpaired) electrons. The van der Waals surface area contributed by atoms with E-state index in [1.807, 2.05) is 18.2 Å². The molecule has 102 valence electrons. The van der Waals surface area contributed by atoms with Gasteiger partial charge < -0.3 is 15.2 Å². The van der Waals surface area contributed by atoms with Crippen LogP contribution >= 0.6 is 0 Å². The number of phenols is 1. The maximum absolute atomic E-state index is 12.5. The zero-order valence-corrected chi connectivity index (χ0v) is 11.0. The quantitative estimate of drug-likeness (QED) is 0.879. The molecule has 0 saturated carbocycles. The van der Waals surface area contributed by atoms with Crippen LogP contribution < -0.4 is 15.0 Å². The predicted molar refractivity (Wildman–Crippen MR) is 76.4 cm³/mol. The third-order valence-corrected chi connectivity index (χ3v) is 3.30. The molecule has 1 aliphatic rings. The van der Waals surface area contributed by atoms with Gasteiger partial charge in [-0.1, -0.05) is 12.1 Å². The van der Waals surface area contributed by atoms with Gasteiger partial charge in [0.15, 0.2) is 11.5 Å². The van der Waals surface area contributed by atoms with Gasteiger partial charge in [-0.05, 0) is 24.3 Å². The highest BCUT2D eigenvalue weighted by atomic mass is 16.5. The van der Waals surface area contributed by atoms with Gasteiger partial charge in [-0.25, -0.2) is 0 Å². The number of carbonyl (C=O) groups is 1. The first kappa shape index (κ1) is 12.3. The van der Waals surface area contributed by atoms with Crippen LogP contribution in [-0.2, 0) is 0 Å². The number of para-hydroxylation sites is 1. The Morgan fingerprint density at radius 1 is 1.25 bits per heavy atom. The minimum atomic E-state index is -0.0936. The van der Waals surface area contributed by atoms with Crippen molar-refractivity contribution in [1.82, 2.24) is 0 Å². The molecule has 2 aromatic rings. The number of amides is 1. The summed E-state index contributed by atoms with van der Waals surface area (Å²) >= 11 is 0. The fourth-order valence-electron chi connectivity index (χ4n) is 2.26. The number of nitrogens with one attached hydrogen (secondary N) is 1. The molecule has 3 rings (SSSR count). The average Bonchev–Trinajstić information content (AvgIpc) is 2.48. The summed E-state index contributed by atoms with van der Waals surface area (Å²) in [4.78, 5) is 14.0. The van der Waals surface area contributed by atoms with E-state index in [0.717, 1.165) is 5.69 Å². The second-order valence-corrected chi connectivity index (χ2v) is 4.47. The molecule has 0 fully saturated rings. The monoisotopic (exact) mass is 270 g/mol. The molecule has 2 N–H and O–H groups in total. The highest BCUT2D eigenvalue weighted by molar-refractivity contribution is 6.11. The number of methoxy groups -OCH3 is 1. The Kier molecular flexibility index (Phi) is 2.95. The summed E-state index contributed by atoms with van der Waals surface area (Å²) in [5.74, 6) is 0.298. The first-order chi connectivity index (χ1) is 9.70. The number of anilines is 2. The van der Waals surface area contributed by atoms with Crippen LogP contribution in [0.2, 0.25) is 0 Å². The number of hydrogen-bond donors (Lipinski definition) is 2. The minimum Gasteiger partial charge on any atom is -0.504 e. The number of nitrogens with zero attached hydrogens (tertiary/aromatic N) is 1. The highest BCUT2D eigenvalue weighted by Crippen LogP contribution is 2.32. The first-order valence-electron chi connectivity index (χ1n) is 6.22. The number of fused-ring (bicyclic) bond motifs is 1. The van der Waals surface area contributed by atoms with Gasteiger partial charge in [-0.3, -0.25) is 9.69 Å². The zero-order valence-electron chi connectivity index (χ0n) is 11.0. The summed E-state index contributed by atoms with van der Waals surface area (Å²) in [6.45, 7) is 0.363. The lowest BCUT2D eigenvalue weighted by atomic mass is 10.1. The molecule has 0 spiro atoms. The lowest BCUT2D eigenvalue weighted by Crippen LogP contribution is -2.39. The Labute approximate surface area is 116 Å². The van der Waals surface area contributed by atoms with E-state index in [0.29, 0.717) is 23.7 Å². The van der Waals surface area contributed by atoms with Crippen LogP contribution in [0.15, 0.2) is 42.5 Å².